The monoisotopic (exact) mass is 306 g/mol. The average Bonchev–Trinajstić information content (AvgIpc) is 2.81. The maximum absolute atomic E-state index is 12.4. The van der Waals surface area contributed by atoms with Crippen molar-refractivity contribution >= 4 is 17.5 Å². The highest BCUT2D eigenvalue weighted by Crippen LogP contribution is 2.22. The molecular weight excluding hydrogens is 288 g/mol. The van der Waals surface area contributed by atoms with E-state index in [9.17, 15) is 9.59 Å². The molecule has 0 radical (unpaired) electrons. The second-order valence-electron chi connectivity index (χ2n) is 4.66. The van der Waals surface area contributed by atoms with Crippen molar-refractivity contribution in [2.45, 2.75) is 19.9 Å². The van der Waals surface area contributed by atoms with Gasteiger partial charge in [-0.15, -0.1) is 0 Å². The number of ether oxygens (including phenoxy) is 1. The first-order valence-corrected chi connectivity index (χ1v) is 6.81. The summed E-state index contributed by atoms with van der Waals surface area (Å²) in [6, 6.07) is 2.34. The van der Waals surface area contributed by atoms with Gasteiger partial charge in [-0.3, -0.25) is 14.0 Å². The Morgan fingerprint density at radius 2 is 2.27 bits per heavy atom. The first-order valence-electron chi connectivity index (χ1n) is 6.81. The summed E-state index contributed by atoms with van der Waals surface area (Å²) in [6.45, 7) is 3.43. The highest BCUT2D eigenvalue weighted by Gasteiger charge is 2.23. The molecule has 2 aromatic heterocycles. The molecule has 0 unspecified atom stereocenters. The van der Waals surface area contributed by atoms with Crippen LogP contribution in [0.2, 0.25) is 0 Å². The number of carbonyl (C=O) groups excluding carboxylic acids is 2. The van der Waals surface area contributed by atoms with E-state index >= 15 is 0 Å². The van der Waals surface area contributed by atoms with Crippen LogP contribution in [-0.4, -0.2) is 45.6 Å². The van der Waals surface area contributed by atoms with Crippen molar-refractivity contribution in [2.75, 3.05) is 13.2 Å². The number of nitrogens with two attached hydrogens (primary N) is 1. The normalized spacial score (nSPS) is 12.1. The maximum Gasteiger partial charge on any atom is 0.270 e. The Hall–Kier alpha value is -2.61. The number of aliphatic hydroxyl groups excluding tert-OH is 1. The third kappa shape index (κ3) is 2.86. The summed E-state index contributed by atoms with van der Waals surface area (Å²) in [7, 11) is 0. The van der Waals surface area contributed by atoms with Gasteiger partial charge in [-0.25, -0.2) is 4.98 Å². The molecule has 22 heavy (non-hydrogen) atoms. The Kier molecular flexibility index (Phi) is 4.62. The molecule has 2 heterocycles. The number of primary amides is 1. The highest BCUT2D eigenvalue weighted by atomic mass is 16.5. The Balaban J connectivity index is 2.43. The number of nitrogens with zero attached hydrogens (tertiary/aromatic N) is 2. The number of imidazole rings is 1. The van der Waals surface area contributed by atoms with Crippen LogP contribution in [-0.2, 0) is 4.79 Å². The van der Waals surface area contributed by atoms with Crippen LogP contribution < -0.4 is 15.8 Å². The first kappa shape index (κ1) is 15.8. The minimum Gasteiger partial charge on any atom is -0.490 e. The molecule has 2 aromatic rings. The zero-order chi connectivity index (χ0) is 16.3. The number of nitrogens with one attached hydrogen (secondary N) is 1. The minimum atomic E-state index is -1.15. The van der Waals surface area contributed by atoms with E-state index in [1.165, 1.54) is 0 Å². The number of hydrogen-bond acceptors (Lipinski definition) is 5. The number of pyridine rings is 1. The van der Waals surface area contributed by atoms with Crippen molar-refractivity contribution in [3.8, 4) is 5.75 Å². The van der Waals surface area contributed by atoms with Gasteiger partial charge < -0.3 is 20.9 Å². The summed E-state index contributed by atoms with van der Waals surface area (Å²) in [6.07, 6.45) is 1.67. The van der Waals surface area contributed by atoms with Crippen LogP contribution in [0.3, 0.4) is 0 Å². The third-order valence-electron chi connectivity index (χ3n) is 3.13. The van der Waals surface area contributed by atoms with E-state index in [-0.39, 0.29) is 5.69 Å². The van der Waals surface area contributed by atoms with Crippen molar-refractivity contribution in [1.29, 1.82) is 0 Å². The minimum absolute atomic E-state index is 0.260. The van der Waals surface area contributed by atoms with Crippen LogP contribution in [0.5, 0.6) is 5.75 Å². The second-order valence-corrected chi connectivity index (χ2v) is 4.66. The molecular formula is C14H18N4O4. The molecule has 0 saturated heterocycles. The van der Waals surface area contributed by atoms with E-state index in [0.717, 1.165) is 0 Å². The Bertz CT molecular complexity index is 710. The highest BCUT2D eigenvalue weighted by molar-refractivity contribution is 5.97. The molecule has 0 aliphatic heterocycles. The Labute approximate surface area is 126 Å². The summed E-state index contributed by atoms with van der Waals surface area (Å²) < 4.78 is 7.05. The summed E-state index contributed by atoms with van der Waals surface area (Å²) in [5.41, 5.74) is 6.35. The SMILES string of the molecule is CCOc1cccn2c(C(=O)N[C@@H](CO)C(N)=O)c(C)nc12. The van der Waals surface area contributed by atoms with Gasteiger partial charge in [-0.1, -0.05) is 0 Å². The lowest BCUT2D eigenvalue weighted by Crippen LogP contribution is -2.47. The predicted molar refractivity (Wildman–Crippen MR) is 78.6 cm³/mol. The number of aromatic nitrogens is 2. The third-order valence-corrected chi connectivity index (χ3v) is 3.13. The molecule has 0 aliphatic rings. The standard InChI is InChI=1S/C14H18N4O4/c1-3-22-10-5-4-6-18-11(8(2)16-13(10)18)14(21)17-9(7-19)12(15)20/h4-6,9,19H,3,7H2,1-2H3,(H2,15,20)(H,17,21)/t9-/m0/s1. The van der Waals surface area contributed by atoms with Crippen molar-refractivity contribution in [1.82, 2.24) is 14.7 Å². The van der Waals surface area contributed by atoms with Crippen LogP contribution in [0.1, 0.15) is 23.1 Å². The fraction of sp³-hybridized carbons (Fsp3) is 0.357. The van der Waals surface area contributed by atoms with Crippen molar-refractivity contribution < 1.29 is 19.4 Å². The van der Waals surface area contributed by atoms with Crippen LogP contribution >= 0.6 is 0 Å². The van der Waals surface area contributed by atoms with Gasteiger partial charge in [0.15, 0.2) is 11.4 Å². The van der Waals surface area contributed by atoms with Gasteiger partial charge in [0.05, 0.1) is 18.9 Å². The molecule has 0 aliphatic carbocycles. The zero-order valence-corrected chi connectivity index (χ0v) is 12.4. The quantitative estimate of drug-likeness (QED) is 0.672. The fourth-order valence-electron chi connectivity index (χ4n) is 2.13. The van der Waals surface area contributed by atoms with Crippen molar-refractivity contribution in [3.05, 3.63) is 29.7 Å². The van der Waals surface area contributed by atoms with E-state index < -0.39 is 24.5 Å². The van der Waals surface area contributed by atoms with E-state index in [0.29, 0.717) is 23.7 Å². The van der Waals surface area contributed by atoms with Gasteiger partial charge in [0.2, 0.25) is 5.91 Å². The fourth-order valence-corrected chi connectivity index (χ4v) is 2.13. The molecule has 1 atom stereocenters. The molecule has 0 spiro atoms. The molecule has 0 saturated carbocycles. The van der Waals surface area contributed by atoms with Gasteiger partial charge in [-0.05, 0) is 26.0 Å². The predicted octanol–water partition coefficient (Wildman–Crippen LogP) is -0.383. The van der Waals surface area contributed by atoms with Gasteiger partial charge in [0, 0.05) is 6.20 Å². The summed E-state index contributed by atoms with van der Waals surface area (Å²) in [5.74, 6) is -0.797. The number of aliphatic hydroxyl groups is 1. The zero-order valence-electron chi connectivity index (χ0n) is 12.4. The number of amides is 2. The molecule has 2 amide bonds. The van der Waals surface area contributed by atoms with Gasteiger partial charge in [0.1, 0.15) is 11.7 Å². The molecule has 2 rings (SSSR count). The lowest BCUT2D eigenvalue weighted by molar-refractivity contribution is -0.120. The van der Waals surface area contributed by atoms with E-state index in [2.05, 4.69) is 10.3 Å². The lowest BCUT2D eigenvalue weighted by atomic mass is 10.2. The maximum atomic E-state index is 12.4. The number of carbonyl (C=O) groups is 2. The van der Waals surface area contributed by atoms with E-state index in [1.807, 2.05) is 6.92 Å². The van der Waals surface area contributed by atoms with Crippen molar-refractivity contribution in [3.63, 3.8) is 0 Å². The number of fused-ring (bicyclic) bond motifs is 1. The van der Waals surface area contributed by atoms with E-state index in [4.69, 9.17) is 15.6 Å². The van der Waals surface area contributed by atoms with Crippen LogP contribution in [0.15, 0.2) is 18.3 Å². The Morgan fingerprint density at radius 1 is 1.55 bits per heavy atom. The van der Waals surface area contributed by atoms with Crippen LogP contribution in [0, 0.1) is 6.92 Å². The largest absolute Gasteiger partial charge is 0.490 e. The summed E-state index contributed by atoms with van der Waals surface area (Å²) in [5, 5.41) is 11.5. The molecule has 0 bridgehead atoms. The average molecular weight is 306 g/mol. The summed E-state index contributed by atoms with van der Waals surface area (Å²) >= 11 is 0. The van der Waals surface area contributed by atoms with E-state index in [1.54, 1.807) is 29.7 Å². The number of hydrogen-bond donors (Lipinski definition) is 3. The topological polar surface area (TPSA) is 119 Å². The summed E-state index contributed by atoms with van der Waals surface area (Å²) in [4.78, 5) is 27.8. The number of aryl methyl sites for hydroxylation is 1. The molecule has 0 aromatic carbocycles. The van der Waals surface area contributed by atoms with Gasteiger partial charge in [-0.2, -0.15) is 0 Å². The molecule has 0 fully saturated rings. The van der Waals surface area contributed by atoms with Gasteiger partial charge >= 0.3 is 0 Å². The molecule has 8 heteroatoms. The smallest absolute Gasteiger partial charge is 0.270 e. The Morgan fingerprint density at radius 3 is 2.86 bits per heavy atom. The van der Waals surface area contributed by atoms with Crippen LogP contribution in [0.4, 0.5) is 0 Å². The van der Waals surface area contributed by atoms with Crippen molar-refractivity contribution in [2.24, 2.45) is 5.73 Å². The number of rotatable bonds is 6. The second kappa shape index (κ2) is 6.44. The van der Waals surface area contributed by atoms with Crippen LogP contribution in [0.25, 0.3) is 5.65 Å². The lowest BCUT2D eigenvalue weighted by Gasteiger charge is -2.13. The first-order chi connectivity index (χ1) is 10.5. The van der Waals surface area contributed by atoms with Gasteiger partial charge in [0.25, 0.3) is 5.91 Å². The molecule has 4 N–H and O–H groups in total. The molecule has 118 valence electrons. The molecule has 8 nitrogen and oxygen atoms in total.